The Hall–Kier alpha value is -2.75. The van der Waals surface area contributed by atoms with E-state index in [1.54, 1.807) is 37.8 Å². The summed E-state index contributed by atoms with van der Waals surface area (Å²) < 4.78 is 5.09. The predicted octanol–water partition coefficient (Wildman–Crippen LogP) is 1.32. The van der Waals surface area contributed by atoms with E-state index in [2.05, 4.69) is 20.7 Å². The normalized spacial score (nSPS) is 17.9. The predicted molar refractivity (Wildman–Crippen MR) is 103 cm³/mol. The minimum atomic E-state index is -0.801. The molecule has 2 aromatic heterocycles. The summed E-state index contributed by atoms with van der Waals surface area (Å²) in [5.74, 6) is 0.306. The number of H-pyrrole nitrogens is 1. The van der Waals surface area contributed by atoms with Crippen molar-refractivity contribution in [3.05, 3.63) is 45.6 Å². The first-order valence-electron chi connectivity index (χ1n) is 9.02. The fourth-order valence-corrected chi connectivity index (χ4v) is 3.24. The highest BCUT2D eigenvalue weighted by molar-refractivity contribution is 6.32. The average molecular weight is 387 g/mol. The van der Waals surface area contributed by atoms with Crippen molar-refractivity contribution in [2.45, 2.75) is 53.6 Å². The molecule has 0 radical (unpaired) electrons. The van der Waals surface area contributed by atoms with E-state index in [-0.39, 0.29) is 5.91 Å². The molecule has 2 atom stereocenters. The van der Waals surface area contributed by atoms with E-state index in [9.17, 15) is 15.0 Å². The summed E-state index contributed by atoms with van der Waals surface area (Å²) in [6.45, 7) is 9.19. The molecule has 0 aliphatic carbocycles. The molecule has 0 spiro atoms. The maximum absolute atomic E-state index is 12.3. The quantitative estimate of drug-likeness (QED) is 0.437. The zero-order valence-corrected chi connectivity index (χ0v) is 16.6. The molecular formula is C19H25N5O4. The van der Waals surface area contributed by atoms with Crippen LogP contribution in [0.1, 0.15) is 47.8 Å². The van der Waals surface area contributed by atoms with Crippen molar-refractivity contribution in [1.29, 1.82) is 0 Å². The maximum atomic E-state index is 12.3. The molecule has 0 fully saturated rings. The SMILES string of the molecule is Cc1cc(C2=NNC(=O)C2=Cc2[nH]c(C)c(CN(C(C)O)C(C)O)c2C)no1. The number of carbonyl (C=O) groups is 1. The van der Waals surface area contributed by atoms with Gasteiger partial charge in [0.05, 0.1) is 5.57 Å². The fourth-order valence-electron chi connectivity index (χ4n) is 3.24. The van der Waals surface area contributed by atoms with Crippen molar-refractivity contribution in [3.63, 3.8) is 0 Å². The number of rotatable bonds is 6. The molecule has 150 valence electrons. The maximum Gasteiger partial charge on any atom is 0.273 e. The number of aliphatic hydroxyl groups is 2. The van der Waals surface area contributed by atoms with Crippen LogP contribution >= 0.6 is 0 Å². The highest BCUT2D eigenvalue weighted by Crippen LogP contribution is 2.25. The minimum Gasteiger partial charge on any atom is -0.379 e. The Morgan fingerprint density at radius 2 is 1.93 bits per heavy atom. The van der Waals surface area contributed by atoms with Crippen LogP contribution in [0.3, 0.4) is 0 Å². The molecule has 0 saturated carbocycles. The summed E-state index contributed by atoms with van der Waals surface area (Å²) in [5.41, 5.74) is 7.26. The second kappa shape index (κ2) is 7.70. The Balaban J connectivity index is 1.96. The van der Waals surface area contributed by atoms with Crippen molar-refractivity contribution in [1.82, 2.24) is 20.5 Å². The molecule has 1 aliphatic rings. The monoisotopic (exact) mass is 387 g/mol. The van der Waals surface area contributed by atoms with E-state index in [0.717, 1.165) is 22.5 Å². The highest BCUT2D eigenvalue weighted by atomic mass is 16.5. The second-order valence-corrected chi connectivity index (χ2v) is 6.99. The average Bonchev–Trinajstić information content (AvgIpc) is 3.26. The largest absolute Gasteiger partial charge is 0.379 e. The van der Waals surface area contributed by atoms with Crippen molar-refractivity contribution in [2.24, 2.45) is 5.10 Å². The molecule has 2 unspecified atom stereocenters. The van der Waals surface area contributed by atoms with Gasteiger partial charge in [0, 0.05) is 24.0 Å². The summed E-state index contributed by atoms with van der Waals surface area (Å²) in [5, 5.41) is 27.8. The van der Waals surface area contributed by atoms with Gasteiger partial charge in [0.2, 0.25) is 0 Å². The van der Waals surface area contributed by atoms with Crippen LogP contribution in [0.15, 0.2) is 21.3 Å². The molecule has 1 amide bonds. The van der Waals surface area contributed by atoms with Crippen LogP contribution in [0.2, 0.25) is 0 Å². The summed E-state index contributed by atoms with van der Waals surface area (Å²) in [4.78, 5) is 17.1. The molecule has 28 heavy (non-hydrogen) atoms. The molecule has 9 nitrogen and oxygen atoms in total. The van der Waals surface area contributed by atoms with Crippen LogP contribution in [0.5, 0.6) is 0 Å². The molecule has 3 rings (SSSR count). The van der Waals surface area contributed by atoms with Gasteiger partial charge in [-0.2, -0.15) is 5.10 Å². The molecule has 9 heteroatoms. The standard InChI is InChI=1S/C19H25N5O4/c1-9-6-17(23-28-9)18-14(19(27)22-21-18)7-16-10(2)15(11(3)20-16)8-24(12(4)25)13(5)26/h6-7,12-13,20,25-26H,8H2,1-5H3,(H,22,27). The minimum absolute atomic E-state index is 0.321. The van der Waals surface area contributed by atoms with Crippen LogP contribution in [0, 0.1) is 20.8 Å². The van der Waals surface area contributed by atoms with E-state index >= 15 is 0 Å². The Kier molecular flexibility index (Phi) is 5.50. The number of hydrazone groups is 1. The van der Waals surface area contributed by atoms with Crippen LogP contribution in [0.25, 0.3) is 6.08 Å². The molecule has 4 N–H and O–H groups in total. The Morgan fingerprint density at radius 1 is 1.25 bits per heavy atom. The van der Waals surface area contributed by atoms with Gasteiger partial charge in [-0.25, -0.2) is 10.3 Å². The lowest BCUT2D eigenvalue weighted by molar-refractivity contribution is -0.116. The lowest BCUT2D eigenvalue weighted by Gasteiger charge is -2.28. The van der Waals surface area contributed by atoms with Crippen LogP contribution in [0.4, 0.5) is 0 Å². The van der Waals surface area contributed by atoms with Gasteiger partial charge in [0.15, 0.2) is 0 Å². The van der Waals surface area contributed by atoms with Crippen LogP contribution < -0.4 is 5.43 Å². The lowest BCUT2D eigenvalue weighted by atomic mass is 10.0. The van der Waals surface area contributed by atoms with Gasteiger partial charge in [0.1, 0.15) is 29.6 Å². The number of aliphatic hydroxyl groups excluding tert-OH is 2. The smallest absolute Gasteiger partial charge is 0.273 e. The molecule has 0 saturated heterocycles. The first kappa shape index (κ1) is 20.0. The third-order valence-electron chi connectivity index (χ3n) is 4.86. The summed E-state index contributed by atoms with van der Waals surface area (Å²) in [6, 6.07) is 1.72. The third kappa shape index (κ3) is 3.77. The van der Waals surface area contributed by atoms with Gasteiger partial charge < -0.3 is 19.7 Å². The first-order valence-corrected chi connectivity index (χ1v) is 9.02. The topological polar surface area (TPSA) is 127 Å². The number of aromatic amines is 1. The van der Waals surface area contributed by atoms with Gasteiger partial charge in [-0.05, 0) is 51.8 Å². The van der Waals surface area contributed by atoms with Crippen molar-refractivity contribution < 1.29 is 19.5 Å². The molecule has 0 bridgehead atoms. The van der Waals surface area contributed by atoms with E-state index in [1.165, 1.54) is 0 Å². The van der Waals surface area contributed by atoms with Gasteiger partial charge >= 0.3 is 0 Å². The Bertz CT molecular complexity index is 944. The van der Waals surface area contributed by atoms with Gasteiger partial charge in [-0.3, -0.25) is 4.79 Å². The second-order valence-electron chi connectivity index (χ2n) is 6.99. The first-order chi connectivity index (χ1) is 13.2. The molecule has 0 aromatic carbocycles. The number of nitrogens with one attached hydrogen (secondary N) is 2. The number of nitrogens with zero attached hydrogens (tertiary/aromatic N) is 3. The van der Waals surface area contributed by atoms with Gasteiger partial charge in [-0.15, -0.1) is 0 Å². The van der Waals surface area contributed by atoms with Crippen molar-refractivity contribution in [3.8, 4) is 0 Å². The van der Waals surface area contributed by atoms with Crippen LogP contribution in [-0.4, -0.2) is 49.3 Å². The number of hydrogen-bond donors (Lipinski definition) is 4. The van der Waals surface area contributed by atoms with Crippen molar-refractivity contribution in [2.75, 3.05) is 0 Å². The zero-order valence-electron chi connectivity index (χ0n) is 16.6. The van der Waals surface area contributed by atoms with Crippen LogP contribution in [-0.2, 0) is 11.3 Å². The summed E-state index contributed by atoms with van der Waals surface area (Å²) >= 11 is 0. The van der Waals surface area contributed by atoms with E-state index < -0.39 is 12.5 Å². The van der Waals surface area contributed by atoms with Gasteiger partial charge in [-0.1, -0.05) is 5.16 Å². The highest BCUT2D eigenvalue weighted by Gasteiger charge is 2.27. The van der Waals surface area contributed by atoms with E-state index in [4.69, 9.17) is 4.52 Å². The van der Waals surface area contributed by atoms with Gasteiger partial charge in [0.25, 0.3) is 5.91 Å². The number of carbonyl (C=O) groups excluding carboxylic acids is 1. The molecule has 3 heterocycles. The third-order valence-corrected chi connectivity index (χ3v) is 4.86. The van der Waals surface area contributed by atoms with E-state index in [0.29, 0.717) is 29.3 Å². The van der Waals surface area contributed by atoms with Crippen molar-refractivity contribution >= 4 is 17.7 Å². The zero-order chi connectivity index (χ0) is 20.6. The molecule has 1 aliphatic heterocycles. The number of hydrogen-bond acceptors (Lipinski definition) is 7. The number of aryl methyl sites for hydroxylation is 2. The summed E-state index contributed by atoms with van der Waals surface area (Å²) in [7, 11) is 0. The van der Waals surface area contributed by atoms with E-state index in [1.807, 2.05) is 13.8 Å². The molecule has 2 aromatic rings. The summed E-state index contributed by atoms with van der Waals surface area (Å²) in [6.07, 6.45) is 0.127. The Morgan fingerprint density at radius 3 is 2.50 bits per heavy atom. The Labute approximate surface area is 162 Å². The number of amides is 1. The fraction of sp³-hybridized carbons (Fsp3) is 0.421. The number of aromatic nitrogens is 2. The lowest BCUT2D eigenvalue weighted by Crippen LogP contribution is -2.39. The molecular weight excluding hydrogens is 362 g/mol.